The van der Waals surface area contributed by atoms with Crippen LogP contribution in [0.1, 0.15) is 23.3 Å². The van der Waals surface area contributed by atoms with Crippen LogP contribution in [0.2, 0.25) is 0 Å². The molecule has 0 unspecified atom stereocenters. The van der Waals surface area contributed by atoms with Crippen LogP contribution in [0.25, 0.3) is 10.2 Å². The van der Waals surface area contributed by atoms with Gasteiger partial charge in [-0.1, -0.05) is 23.9 Å². The van der Waals surface area contributed by atoms with Crippen molar-refractivity contribution in [3.05, 3.63) is 50.9 Å². The molecule has 31 heavy (non-hydrogen) atoms. The first-order chi connectivity index (χ1) is 15.1. The first-order valence-electron chi connectivity index (χ1n) is 10.5. The number of piperazine rings is 1. The predicted molar refractivity (Wildman–Crippen MR) is 123 cm³/mol. The molecule has 3 heterocycles. The molecular weight excluding hydrogens is 435 g/mol. The van der Waals surface area contributed by atoms with Gasteiger partial charge in [0.05, 0.1) is 16.8 Å². The highest BCUT2D eigenvalue weighted by molar-refractivity contribution is 7.99. The van der Waals surface area contributed by atoms with Gasteiger partial charge >= 0.3 is 0 Å². The summed E-state index contributed by atoms with van der Waals surface area (Å²) < 4.78 is 14.0. The minimum atomic E-state index is -0.237. The second-order valence-electron chi connectivity index (χ2n) is 7.87. The number of hydrogen-bond donors (Lipinski definition) is 1. The standard InChI is InChI=1S/C22H23FN4O2S2/c23-15-6-2-3-7-16(15)26-9-11-27(12-10-26)18(28)13-30-22-24-20(29)19-14-5-1-4-8-17(14)31-21(19)25-22/h2-3,6-7H,1,4-5,8-13H2,(H,24,25,29). The van der Waals surface area contributed by atoms with Crippen molar-refractivity contribution >= 4 is 44.9 Å². The van der Waals surface area contributed by atoms with Crippen LogP contribution in [-0.4, -0.2) is 52.7 Å². The molecule has 2 aliphatic rings. The van der Waals surface area contributed by atoms with Crippen molar-refractivity contribution in [1.82, 2.24) is 14.9 Å². The Labute approximate surface area is 187 Å². The lowest BCUT2D eigenvalue weighted by atomic mass is 9.97. The van der Waals surface area contributed by atoms with E-state index in [4.69, 9.17) is 0 Å². The zero-order valence-corrected chi connectivity index (χ0v) is 18.7. The fourth-order valence-electron chi connectivity index (χ4n) is 4.34. The Morgan fingerprint density at radius 3 is 2.74 bits per heavy atom. The van der Waals surface area contributed by atoms with Gasteiger partial charge in [-0.05, 0) is 43.4 Å². The molecule has 0 atom stereocenters. The third kappa shape index (κ3) is 4.08. The van der Waals surface area contributed by atoms with E-state index in [0.29, 0.717) is 37.0 Å². The number of thiophene rings is 1. The number of aromatic amines is 1. The van der Waals surface area contributed by atoms with E-state index >= 15 is 0 Å². The average molecular weight is 459 g/mol. The van der Waals surface area contributed by atoms with Crippen LogP contribution in [0.4, 0.5) is 10.1 Å². The minimum Gasteiger partial charge on any atom is -0.366 e. The maximum atomic E-state index is 14.0. The molecular formula is C22H23FN4O2S2. The average Bonchev–Trinajstić information content (AvgIpc) is 3.17. The van der Waals surface area contributed by atoms with Crippen molar-refractivity contribution in [2.45, 2.75) is 30.8 Å². The number of benzene rings is 1. The third-order valence-electron chi connectivity index (χ3n) is 5.96. The number of aromatic nitrogens is 2. The van der Waals surface area contributed by atoms with Crippen LogP contribution >= 0.6 is 23.1 Å². The quantitative estimate of drug-likeness (QED) is 0.479. The summed E-state index contributed by atoms with van der Waals surface area (Å²) in [6, 6.07) is 6.72. The second-order valence-corrected chi connectivity index (χ2v) is 9.92. The first-order valence-corrected chi connectivity index (χ1v) is 12.3. The molecule has 2 aromatic heterocycles. The van der Waals surface area contributed by atoms with Crippen molar-refractivity contribution in [3.8, 4) is 0 Å². The van der Waals surface area contributed by atoms with Crippen molar-refractivity contribution in [2.75, 3.05) is 36.8 Å². The number of H-pyrrole nitrogens is 1. The van der Waals surface area contributed by atoms with Gasteiger partial charge in [-0.2, -0.15) is 0 Å². The summed E-state index contributed by atoms with van der Waals surface area (Å²) in [5.41, 5.74) is 1.65. The molecule has 1 saturated heterocycles. The fourth-order valence-corrected chi connectivity index (χ4v) is 6.42. The van der Waals surface area contributed by atoms with Crippen LogP contribution in [0.15, 0.2) is 34.2 Å². The van der Waals surface area contributed by atoms with E-state index in [0.717, 1.165) is 35.9 Å². The van der Waals surface area contributed by atoms with Gasteiger partial charge < -0.3 is 14.8 Å². The van der Waals surface area contributed by atoms with Gasteiger partial charge in [0.1, 0.15) is 10.6 Å². The SMILES string of the molecule is O=C(CSc1nc2sc3c(c2c(=O)[nH]1)CCCC3)N1CCN(c2ccccc2F)CC1. The monoisotopic (exact) mass is 458 g/mol. The van der Waals surface area contributed by atoms with Crippen molar-refractivity contribution in [1.29, 1.82) is 0 Å². The number of thioether (sulfide) groups is 1. The predicted octanol–water partition coefficient (Wildman–Crippen LogP) is 3.44. The molecule has 162 valence electrons. The van der Waals surface area contributed by atoms with Gasteiger partial charge in [-0.3, -0.25) is 9.59 Å². The summed E-state index contributed by atoms with van der Waals surface area (Å²) >= 11 is 2.89. The van der Waals surface area contributed by atoms with E-state index in [2.05, 4.69) is 9.97 Å². The molecule has 1 N–H and O–H groups in total. The highest BCUT2D eigenvalue weighted by Gasteiger charge is 2.24. The Morgan fingerprint density at radius 1 is 1.16 bits per heavy atom. The molecule has 1 aliphatic carbocycles. The number of hydrogen-bond acceptors (Lipinski definition) is 6. The normalized spacial score (nSPS) is 16.5. The van der Waals surface area contributed by atoms with Gasteiger partial charge in [0, 0.05) is 31.1 Å². The highest BCUT2D eigenvalue weighted by Crippen LogP contribution is 2.34. The summed E-state index contributed by atoms with van der Waals surface area (Å²) in [7, 11) is 0. The zero-order chi connectivity index (χ0) is 21.4. The van der Waals surface area contributed by atoms with E-state index in [-0.39, 0.29) is 23.0 Å². The molecule has 0 bridgehead atoms. The van der Waals surface area contributed by atoms with Gasteiger partial charge in [0.15, 0.2) is 5.16 Å². The zero-order valence-electron chi connectivity index (χ0n) is 17.0. The van der Waals surface area contributed by atoms with Crippen LogP contribution in [0.5, 0.6) is 0 Å². The molecule has 0 spiro atoms. The van der Waals surface area contributed by atoms with Crippen molar-refractivity contribution < 1.29 is 9.18 Å². The van der Waals surface area contributed by atoms with Gasteiger partial charge in [-0.15, -0.1) is 11.3 Å². The topological polar surface area (TPSA) is 69.3 Å². The maximum absolute atomic E-state index is 14.0. The highest BCUT2D eigenvalue weighted by atomic mass is 32.2. The van der Waals surface area contributed by atoms with E-state index < -0.39 is 0 Å². The number of amides is 1. The molecule has 1 aromatic carbocycles. The number of carbonyl (C=O) groups is 1. The number of para-hydroxylation sites is 1. The Hall–Kier alpha value is -2.39. The summed E-state index contributed by atoms with van der Waals surface area (Å²) in [6.45, 7) is 2.29. The number of aryl methyl sites for hydroxylation is 2. The van der Waals surface area contributed by atoms with Gasteiger partial charge in [0.2, 0.25) is 5.91 Å². The third-order valence-corrected chi connectivity index (χ3v) is 8.00. The summed E-state index contributed by atoms with van der Waals surface area (Å²) in [6.07, 6.45) is 4.25. The lowest BCUT2D eigenvalue weighted by Gasteiger charge is -2.36. The first kappa shape index (κ1) is 20.5. The molecule has 1 aliphatic heterocycles. The number of anilines is 1. The smallest absolute Gasteiger partial charge is 0.260 e. The largest absolute Gasteiger partial charge is 0.366 e. The van der Waals surface area contributed by atoms with Crippen LogP contribution in [0.3, 0.4) is 0 Å². The summed E-state index contributed by atoms with van der Waals surface area (Å²) in [5, 5.41) is 1.23. The number of carbonyl (C=O) groups excluding carboxylic acids is 1. The summed E-state index contributed by atoms with van der Waals surface area (Å²) in [4.78, 5) is 38.6. The molecule has 1 fully saturated rings. The summed E-state index contributed by atoms with van der Waals surface area (Å²) in [5.74, 6) is -0.0101. The number of fused-ring (bicyclic) bond motifs is 3. The van der Waals surface area contributed by atoms with Crippen molar-refractivity contribution in [3.63, 3.8) is 0 Å². The molecule has 6 nitrogen and oxygen atoms in total. The Kier molecular flexibility index (Phi) is 5.71. The molecule has 5 rings (SSSR count). The molecule has 9 heteroatoms. The molecule has 3 aromatic rings. The van der Waals surface area contributed by atoms with E-state index in [1.807, 2.05) is 11.0 Å². The number of nitrogens with one attached hydrogen (secondary N) is 1. The number of rotatable bonds is 4. The Balaban J connectivity index is 1.22. The lowest BCUT2D eigenvalue weighted by Crippen LogP contribution is -2.49. The number of halogens is 1. The van der Waals surface area contributed by atoms with Crippen LogP contribution < -0.4 is 10.5 Å². The van der Waals surface area contributed by atoms with Gasteiger partial charge in [0.25, 0.3) is 5.56 Å². The Bertz CT molecular complexity index is 1180. The van der Waals surface area contributed by atoms with E-state index in [1.54, 1.807) is 28.4 Å². The van der Waals surface area contributed by atoms with E-state index in [9.17, 15) is 14.0 Å². The molecule has 0 saturated carbocycles. The fraction of sp³-hybridized carbons (Fsp3) is 0.409. The maximum Gasteiger partial charge on any atom is 0.260 e. The van der Waals surface area contributed by atoms with Crippen molar-refractivity contribution in [2.24, 2.45) is 0 Å². The molecule has 1 amide bonds. The second kappa shape index (κ2) is 8.63. The molecule has 0 radical (unpaired) electrons. The number of nitrogens with zero attached hydrogens (tertiary/aromatic N) is 3. The lowest BCUT2D eigenvalue weighted by molar-refractivity contribution is -0.128. The van der Waals surface area contributed by atoms with Crippen LogP contribution in [-0.2, 0) is 17.6 Å². The van der Waals surface area contributed by atoms with E-state index in [1.165, 1.54) is 28.3 Å². The van der Waals surface area contributed by atoms with Gasteiger partial charge in [-0.25, -0.2) is 9.37 Å². The minimum absolute atomic E-state index is 0.00593. The Morgan fingerprint density at radius 2 is 1.94 bits per heavy atom. The van der Waals surface area contributed by atoms with Crippen LogP contribution in [0, 0.1) is 5.82 Å².